The second kappa shape index (κ2) is 8.47. The molecule has 0 heterocycles. The highest BCUT2D eigenvalue weighted by Gasteiger charge is 2.13. The number of methoxy groups -OCH3 is 2. The number of rotatable bonds is 5. The molecule has 1 aliphatic carbocycles. The maximum atomic E-state index is 12.1. The Kier molecular flexibility index (Phi) is 6.31. The van der Waals surface area contributed by atoms with Gasteiger partial charge in [-0.25, -0.2) is 0 Å². The van der Waals surface area contributed by atoms with Gasteiger partial charge in [-0.05, 0) is 31.1 Å². The molecule has 0 unspecified atom stereocenters. The molecule has 0 saturated heterocycles. The van der Waals surface area contributed by atoms with Crippen molar-refractivity contribution in [1.29, 1.82) is 0 Å². The van der Waals surface area contributed by atoms with Crippen LogP contribution < -0.4 is 14.8 Å². The number of hydrogen-bond donors (Lipinski definition) is 1. The summed E-state index contributed by atoms with van der Waals surface area (Å²) in [6, 6.07) is 5.86. The van der Waals surface area contributed by atoms with E-state index in [4.69, 9.17) is 9.47 Å². The first kappa shape index (κ1) is 16.4. The molecule has 0 atom stereocenters. The lowest BCUT2D eigenvalue weighted by Crippen LogP contribution is -2.33. The van der Waals surface area contributed by atoms with Crippen LogP contribution in [0.5, 0.6) is 11.5 Å². The Morgan fingerprint density at radius 1 is 1.14 bits per heavy atom. The number of benzene rings is 1. The van der Waals surface area contributed by atoms with E-state index in [2.05, 4.69) is 5.32 Å². The van der Waals surface area contributed by atoms with Crippen LogP contribution in [0.15, 0.2) is 24.3 Å². The molecule has 4 nitrogen and oxygen atoms in total. The fourth-order valence-corrected chi connectivity index (χ4v) is 2.79. The van der Waals surface area contributed by atoms with Gasteiger partial charge in [-0.15, -0.1) is 0 Å². The minimum atomic E-state index is -0.0372. The number of ether oxygens (including phenoxy) is 2. The average Bonchev–Trinajstić information content (AvgIpc) is 2.81. The molecule has 1 aromatic carbocycles. The van der Waals surface area contributed by atoms with Gasteiger partial charge in [0, 0.05) is 23.7 Å². The molecule has 1 N–H and O–H groups in total. The summed E-state index contributed by atoms with van der Waals surface area (Å²) in [6.45, 7) is 0. The summed E-state index contributed by atoms with van der Waals surface area (Å²) in [5.41, 5.74) is 0.860. The van der Waals surface area contributed by atoms with Crippen LogP contribution in [0.2, 0.25) is 0 Å². The molecule has 1 saturated carbocycles. The van der Waals surface area contributed by atoms with E-state index in [0.717, 1.165) is 24.2 Å². The Bertz CT molecular complexity index is 517. The van der Waals surface area contributed by atoms with Crippen molar-refractivity contribution < 1.29 is 14.3 Å². The Balaban J connectivity index is 1.96. The third kappa shape index (κ3) is 4.79. The first-order valence-electron chi connectivity index (χ1n) is 7.93. The summed E-state index contributed by atoms with van der Waals surface area (Å²) < 4.78 is 10.5. The van der Waals surface area contributed by atoms with E-state index in [1.54, 1.807) is 26.4 Å². The maximum absolute atomic E-state index is 12.1. The molecule has 1 amide bonds. The van der Waals surface area contributed by atoms with Crippen LogP contribution in [0, 0.1) is 0 Å². The first-order valence-corrected chi connectivity index (χ1v) is 7.93. The molecule has 2 rings (SSSR count). The van der Waals surface area contributed by atoms with Crippen molar-refractivity contribution in [2.45, 2.75) is 44.6 Å². The monoisotopic (exact) mass is 303 g/mol. The van der Waals surface area contributed by atoms with Gasteiger partial charge in [0.15, 0.2) is 0 Å². The quantitative estimate of drug-likeness (QED) is 0.668. The Morgan fingerprint density at radius 3 is 2.50 bits per heavy atom. The third-order valence-electron chi connectivity index (χ3n) is 4.06. The summed E-state index contributed by atoms with van der Waals surface area (Å²) in [7, 11) is 3.22. The summed E-state index contributed by atoms with van der Waals surface area (Å²) >= 11 is 0. The van der Waals surface area contributed by atoms with Gasteiger partial charge in [-0.1, -0.05) is 25.7 Å². The molecule has 0 aromatic heterocycles. The maximum Gasteiger partial charge on any atom is 0.244 e. The zero-order chi connectivity index (χ0) is 15.8. The van der Waals surface area contributed by atoms with Crippen LogP contribution in [-0.2, 0) is 4.79 Å². The third-order valence-corrected chi connectivity index (χ3v) is 4.06. The predicted octanol–water partition coefficient (Wildman–Crippen LogP) is 3.56. The highest BCUT2D eigenvalue weighted by atomic mass is 16.5. The minimum absolute atomic E-state index is 0.0372. The van der Waals surface area contributed by atoms with Crippen molar-refractivity contribution in [2.24, 2.45) is 0 Å². The average molecular weight is 303 g/mol. The van der Waals surface area contributed by atoms with Gasteiger partial charge in [0.1, 0.15) is 11.5 Å². The van der Waals surface area contributed by atoms with Crippen LogP contribution in [0.4, 0.5) is 0 Å². The highest BCUT2D eigenvalue weighted by Crippen LogP contribution is 2.25. The number of hydrogen-bond acceptors (Lipinski definition) is 3. The standard InChI is InChI=1S/C18H25NO3/c1-21-16-11-9-14(17(13-16)22-2)10-12-18(20)19-15-7-5-3-4-6-8-15/h9-13,15H,3-8H2,1-2H3,(H,19,20)/b12-10+. The van der Waals surface area contributed by atoms with Gasteiger partial charge in [0.2, 0.25) is 5.91 Å². The van der Waals surface area contributed by atoms with Gasteiger partial charge in [0.25, 0.3) is 0 Å². The van der Waals surface area contributed by atoms with Crippen LogP contribution in [0.3, 0.4) is 0 Å². The van der Waals surface area contributed by atoms with Gasteiger partial charge < -0.3 is 14.8 Å². The van der Waals surface area contributed by atoms with Crippen molar-refractivity contribution >= 4 is 12.0 Å². The molecular weight excluding hydrogens is 278 g/mol. The minimum Gasteiger partial charge on any atom is -0.497 e. The van der Waals surface area contributed by atoms with E-state index in [-0.39, 0.29) is 5.91 Å². The van der Waals surface area contributed by atoms with Crippen molar-refractivity contribution in [3.63, 3.8) is 0 Å². The van der Waals surface area contributed by atoms with E-state index in [1.165, 1.54) is 25.7 Å². The molecule has 0 aliphatic heterocycles. The molecule has 1 fully saturated rings. The van der Waals surface area contributed by atoms with Gasteiger partial charge in [-0.2, -0.15) is 0 Å². The lowest BCUT2D eigenvalue weighted by atomic mass is 10.1. The Morgan fingerprint density at radius 2 is 1.86 bits per heavy atom. The fourth-order valence-electron chi connectivity index (χ4n) is 2.79. The summed E-state index contributed by atoms with van der Waals surface area (Å²) in [6.07, 6.45) is 10.5. The smallest absolute Gasteiger partial charge is 0.244 e. The molecule has 0 spiro atoms. The molecule has 0 bridgehead atoms. The Hall–Kier alpha value is -1.97. The second-order valence-corrected chi connectivity index (χ2v) is 5.64. The van der Waals surface area contributed by atoms with E-state index in [0.29, 0.717) is 11.8 Å². The molecule has 22 heavy (non-hydrogen) atoms. The van der Waals surface area contributed by atoms with Crippen LogP contribution in [-0.4, -0.2) is 26.2 Å². The lowest BCUT2D eigenvalue weighted by Gasteiger charge is -2.14. The van der Waals surface area contributed by atoms with E-state index >= 15 is 0 Å². The van der Waals surface area contributed by atoms with Crippen molar-refractivity contribution in [2.75, 3.05) is 14.2 Å². The molecule has 0 radical (unpaired) electrons. The van der Waals surface area contributed by atoms with Crippen molar-refractivity contribution in [3.8, 4) is 11.5 Å². The zero-order valence-corrected chi connectivity index (χ0v) is 13.4. The van der Waals surface area contributed by atoms with Crippen LogP contribution in [0.25, 0.3) is 6.08 Å². The van der Waals surface area contributed by atoms with Crippen molar-refractivity contribution in [3.05, 3.63) is 29.8 Å². The first-order chi connectivity index (χ1) is 10.7. The second-order valence-electron chi connectivity index (χ2n) is 5.64. The molecule has 120 valence electrons. The number of nitrogens with one attached hydrogen (secondary N) is 1. The predicted molar refractivity (Wildman–Crippen MR) is 88.2 cm³/mol. The van der Waals surface area contributed by atoms with Gasteiger partial charge in [0.05, 0.1) is 14.2 Å². The molecule has 4 heteroatoms. The van der Waals surface area contributed by atoms with E-state index < -0.39 is 0 Å². The van der Waals surface area contributed by atoms with Gasteiger partial charge in [-0.3, -0.25) is 4.79 Å². The van der Waals surface area contributed by atoms with Crippen LogP contribution >= 0.6 is 0 Å². The molecule has 1 aliphatic rings. The SMILES string of the molecule is COc1ccc(/C=C/C(=O)NC2CCCCCC2)c(OC)c1. The number of amides is 1. The fraction of sp³-hybridized carbons (Fsp3) is 0.500. The largest absolute Gasteiger partial charge is 0.497 e. The normalized spacial score (nSPS) is 16.3. The number of carbonyl (C=O) groups is 1. The topological polar surface area (TPSA) is 47.6 Å². The summed E-state index contributed by atoms with van der Waals surface area (Å²) in [5.74, 6) is 1.39. The lowest BCUT2D eigenvalue weighted by molar-refractivity contribution is -0.117. The van der Waals surface area contributed by atoms with Crippen molar-refractivity contribution in [1.82, 2.24) is 5.32 Å². The molecular formula is C18H25NO3. The Labute approximate surface area is 132 Å². The van der Waals surface area contributed by atoms with Crippen LogP contribution in [0.1, 0.15) is 44.1 Å². The molecule has 1 aromatic rings. The van der Waals surface area contributed by atoms with Gasteiger partial charge >= 0.3 is 0 Å². The van der Waals surface area contributed by atoms with E-state index in [1.807, 2.05) is 18.2 Å². The zero-order valence-electron chi connectivity index (χ0n) is 13.4. The number of carbonyl (C=O) groups excluding carboxylic acids is 1. The highest BCUT2D eigenvalue weighted by molar-refractivity contribution is 5.92. The van der Waals surface area contributed by atoms with E-state index in [9.17, 15) is 4.79 Å². The summed E-state index contributed by atoms with van der Waals surface area (Å²) in [5, 5.41) is 3.10. The summed E-state index contributed by atoms with van der Waals surface area (Å²) in [4.78, 5) is 12.1.